The molecule has 6 heteroatoms. The van der Waals surface area contributed by atoms with Crippen LogP contribution in [0.3, 0.4) is 0 Å². The fourth-order valence-electron chi connectivity index (χ4n) is 11.6. The molecule has 4 heterocycles. The highest BCUT2D eigenvalue weighted by Crippen LogP contribution is 2.53. The van der Waals surface area contributed by atoms with Gasteiger partial charge in [-0.25, -0.2) is 4.98 Å². The molecule has 364 valence electrons. The molecule has 3 aromatic heterocycles. The molecule has 0 N–H and O–H groups in total. The van der Waals surface area contributed by atoms with E-state index in [0.29, 0.717) is 6.67 Å². The molecule has 0 unspecified atom stereocenters. The third-order valence-corrected chi connectivity index (χ3v) is 15.2. The Labute approximate surface area is 442 Å². The van der Waals surface area contributed by atoms with Crippen LogP contribution in [0.4, 0.5) is 22.7 Å². The Hall–Kier alpha value is -9.65. The summed E-state index contributed by atoms with van der Waals surface area (Å²) in [6.45, 7) is 7.36. The largest absolute Gasteiger partial charge is 0.457 e. The lowest BCUT2D eigenvalue weighted by Crippen LogP contribution is -2.24. The minimum atomic E-state index is -0.0628. The molecule has 76 heavy (non-hydrogen) atoms. The van der Waals surface area contributed by atoms with Crippen LogP contribution in [-0.4, -0.2) is 20.8 Å². The fourth-order valence-corrected chi connectivity index (χ4v) is 11.6. The van der Waals surface area contributed by atoms with Gasteiger partial charge in [0.05, 0.1) is 33.4 Å². The summed E-state index contributed by atoms with van der Waals surface area (Å²) in [6.07, 6.45) is 1.94. The van der Waals surface area contributed by atoms with Crippen molar-refractivity contribution >= 4 is 66.4 Å². The fraction of sp³-hybridized carbons (Fsp3) is 0.0714. The third-order valence-electron chi connectivity index (χ3n) is 15.2. The van der Waals surface area contributed by atoms with Crippen LogP contribution in [0.25, 0.3) is 88.5 Å². The van der Waals surface area contributed by atoms with Gasteiger partial charge in [0, 0.05) is 62.5 Å². The zero-order chi connectivity index (χ0) is 50.9. The average Bonchev–Trinajstić information content (AvgIpc) is 4.17. The number of ether oxygens (including phenoxy) is 1. The van der Waals surface area contributed by atoms with Crippen molar-refractivity contribution in [2.24, 2.45) is 0 Å². The first-order valence-corrected chi connectivity index (χ1v) is 26.1. The van der Waals surface area contributed by atoms with E-state index in [0.717, 1.165) is 67.6 Å². The van der Waals surface area contributed by atoms with Crippen LogP contribution in [0.1, 0.15) is 26.3 Å². The molecule has 0 amide bonds. The monoisotopic (exact) mass is 979 g/mol. The minimum absolute atomic E-state index is 0.0628. The van der Waals surface area contributed by atoms with Crippen LogP contribution in [0, 0.1) is 0 Å². The summed E-state index contributed by atoms with van der Waals surface area (Å²) in [5.41, 5.74) is 18.3. The van der Waals surface area contributed by atoms with Gasteiger partial charge in [0.25, 0.3) is 0 Å². The second kappa shape index (κ2) is 18.1. The van der Waals surface area contributed by atoms with Crippen LogP contribution in [0.15, 0.2) is 255 Å². The molecule has 0 bridgehead atoms. The predicted octanol–water partition coefficient (Wildman–Crippen LogP) is 18.6. The van der Waals surface area contributed by atoms with Crippen molar-refractivity contribution in [2.45, 2.75) is 26.2 Å². The highest BCUT2D eigenvalue weighted by atomic mass is 16.5. The van der Waals surface area contributed by atoms with Gasteiger partial charge in [-0.1, -0.05) is 172 Å². The normalized spacial score (nSPS) is 12.6. The molecule has 0 fully saturated rings. The number of nitrogens with zero attached hydrogens (tertiary/aromatic N) is 5. The van der Waals surface area contributed by atoms with Crippen molar-refractivity contribution in [1.82, 2.24) is 14.1 Å². The van der Waals surface area contributed by atoms with Crippen LogP contribution in [0.5, 0.6) is 11.5 Å². The second-order valence-electron chi connectivity index (χ2n) is 20.8. The van der Waals surface area contributed by atoms with Gasteiger partial charge in [-0.2, -0.15) is 0 Å². The number of para-hydroxylation sites is 4. The molecule has 6 nitrogen and oxygen atoms in total. The number of pyridine rings is 1. The molecular weight excluding hydrogens is 927 g/mol. The Balaban J connectivity index is 0.888. The van der Waals surface area contributed by atoms with Crippen molar-refractivity contribution in [3.8, 4) is 56.4 Å². The Morgan fingerprint density at radius 2 is 0.974 bits per heavy atom. The lowest BCUT2D eigenvalue weighted by Gasteiger charge is -2.24. The first kappa shape index (κ1) is 45.0. The number of aromatic nitrogens is 3. The molecule has 1 aliphatic rings. The number of benzene rings is 10. The van der Waals surface area contributed by atoms with Crippen LogP contribution >= 0.6 is 0 Å². The van der Waals surface area contributed by atoms with E-state index in [4.69, 9.17) is 9.72 Å². The highest BCUT2D eigenvalue weighted by molar-refractivity contribution is 6.12. The first-order chi connectivity index (χ1) is 37.3. The third kappa shape index (κ3) is 7.60. The standard InChI is InChI=1S/C70H53N5O/c1-70(2,3)49-40-41-71-67(42-49)75-64-39-36-52(74-62-33-15-13-28-57(62)58-29-14-16-34-63(58)74)44-61(64)59-38-37-54(45-66(59)75)76-53-27-17-26-51(43-53)72-46-73(50-24-11-6-12-25-50)69-60(32-19-35-65(69)72)68-55(47-20-7-4-8-21-47)30-18-31-56(68)48-22-9-5-10-23-48/h4-45H,46H2,1-3H3. The Bertz CT molecular complexity index is 4230. The molecular formula is C70H53N5O. The lowest BCUT2D eigenvalue weighted by molar-refractivity contribution is 0.483. The van der Waals surface area contributed by atoms with E-state index < -0.39 is 0 Å². The first-order valence-electron chi connectivity index (χ1n) is 26.1. The summed E-state index contributed by atoms with van der Waals surface area (Å²) >= 11 is 0. The molecule has 0 saturated heterocycles. The summed E-state index contributed by atoms with van der Waals surface area (Å²) in [5.74, 6) is 2.36. The van der Waals surface area contributed by atoms with Crippen molar-refractivity contribution in [2.75, 3.05) is 16.5 Å². The van der Waals surface area contributed by atoms with Crippen molar-refractivity contribution in [1.29, 1.82) is 0 Å². The van der Waals surface area contributed by atoms with Gasteiger partial charge in [-0.05, 0) is 124 Å². The van der Waals surface area contributed by atoms with Gasteiger partial charge in [0.1, 0.15) is 24.0 Å². The maximum atomic E-state index is 6.97. The molecule has 0 saturated carbocycles. The lowest BCUT2D eigenvalue weighted by atomic mass is 9.86. The van der Waals surface area contributed by atoms with E-state index in [1.165, 1.54) is 60.8 Å². The van der Waals surface area contributed by atoms with E-state index in [1.54, 1.807) is 0 Å². The van der Waals surface area contributed by atoms with Gasteiger partial charge in [-0.3, -0.25) is 4.57 Å². The van der Waals surface area contributed by atoms with Crippen molar-refractivity contribution in [3.63, 3.8) is 0 Å². The number of hydrogen-bond donors (Lipinski definition) is 0. The molecule has 0 spiro atoms. The van der Waals surface area contributed by atoms with Gasteiger partial charge in [0.2, 0.25) is 0 Å². The van der Waals surface area contributed by atoms with Crippen LogP contribution in [0.2, 0.25) is 0 Å². The molecule has 14 rings (SSSR count). The van der Waals surface area contributed by atoms with E-state index >= 15 is 0 Å². The smallest absolute Gasteiger partial charge is 0.137 e. The zero-order valence-electron chi connectivity index (χ0n) is 42.6. The predicted molar refractivity (Wildman–Crippen MR) is 316 cm³/mol. The summed E-state index contributed by atoms with van der Waals surface area (Å²) in [6, 6.07) is 89.3. The van der Waals surface area contributed by atoms with E-state index in [-0.39, 0.29) is 5.41 Å². The second-order valence-corrected chi connectivity index (χ2v) is 20.8. The van der Waals surface area contributed by atoms with Crippen molar-refractivity contribution in [3.05, 3.63) is 260 Å². The van der Waals surface area contributed by atoms with Gasteiger partial charge in [0.15, 0.2) is 0 Å². The number of anilines is 4. The minimum Gasteiger partial charge on any atom is -0.457 e. The Morgan fingerprint density at radius 3 is 1.67 bits per heavy atom. The topological polar surface area (TPSA) is 38.5 Å². The molecule has 13 aromatic rings. The molecule has 0 atom stereocenters. The maximum absolute atomic E-state index is 6.97. The number of fused-ring (bicyclic) bond motifs is 7. The Morgan fingerprint density at radius 1 is 0.395 bits per heavy atom. The quantitative estimate of drug-likeness (QED) is 0.144. The summed E-state index contributed by atoms with van der Waals surface area (Å²) < 4.78 is 11.7. The summed E-state index contributed by atoms with van der Waals surface area (Å²) in [7, 11) is 0. The average molecular weight is 980 g/mol. The van der Waals surface area contributed by atoms with Gasteiger partial charge < -0.3 is 19.1 Å². The highest BCUT2D eigenvalue weighted by Gasteiger charge is 2.33. The SMILES string of the molecule is CC(C)(C)c1ccnc(-n2c3ccc(-n4c5ccccc5c5ccccc54)cc3c3ccc(Oc4cccc(N5CN(c6ccccc6)c6c(-c7c(-c8ccccc8)cccc7-c7ccccc7)cccc65)c4)cc32)c1. The van der Waals surface area contributed by atoms with Crippen LogP contribution < -0.4 is 14.5 Å². The van der Waals surface area contributed by atoms with Gasteiger partial charge >= 0.3 is 0 Å². The molecule has 10 aromatic carbocycles. The molecule has 0 aliphatic carbocycles. The zero-order valence-corrected chi connectivity index (χ0v) is 42.6. The van der Waals surface area contributed by atoms with Crippen molar-refractivity contribution < 1.29 is 4.74 Å². The number of hydrogen-bond acceptors (Lipinski definition) is 4. The molecule has 1 aliphatic heterocycles. The molecule has 0 radical (unpaired) electrons. The van der Waals surface area contributed by atoms with E-state index in [9.17, 15) is 0 Å². The summed E-state index contributed by atoms with van der Waals surface area (Å²) in [5, 5.41) is 4.74. The van der Waals surface area contributed by atoms with E-state index in [1.807, 2.05) is 6.20 Å². The number of rotatable bonds is 9. The van der Waals surface area contributed by atoms with Crippen LogP contribution in [-0.2, 0) is 5.41 Å². The van der Waals surface area contributed by atoms with Gasteiger partial charge in [-0.15, -0.1) is 0 Å². The van der Waals surface area contributed by atoms with E-state index in [2.05, 4.69) is 288 Å². The Kier molecular flexibility index (Phi) is 10.7. The summed E-state index contributed by atoms with van der Waals surface area (Å²) in [4.78, 5) is 9.91. The maximum Gasteiger partial charge on any atom is 0.137 e.